The molecular weight excluding hydrogens is 731 g/mol. The molecule has 0 aromatic heterocycles. The molecule has 0 saturated carbocycles. The Labute approximate surface area is 364 Å². The molecule has 0 spiro atoms. The number of carbonyl (C=O) groups excluding carboxylic acids is 2. The van der Waals surface area contributed by atoms with Gasteiger partial charge in [0.1, 0.15) is 6.10 Å². The van der Waals surface area contributed by atoms with Crippen LogP contribution in [0.15, 0.2) is 72.9 Å². The molecule has 0 aliphatic carbocycles. The zero-order chi connectivity index (χ0) is 43.1. The van der Waals surface area contributed by atoms with Gasteiger partial charge in [-0.2, -0.15) is 0 Å². The lowest BCUT2D eigenvalue weighted by Crippen LogP contribution is -2.46. The number of amides is 1. The number of nitrogens with one attached hydrogen (secondary N) is 1. The maximum atomic E-state index is 13.2. The van der Waals surface area contributed by atoms with Crippen LogP contribution in [-0.2, 0) is 14.3 Å². The van der Waals surface area contributed by atoms with Crippen LogP contribution in [-0.4, -0.2) is 46.9 Å². The van der Waals surface area contributed by atoms with Crippen molar-refractivity contribution >= 4 is 11.9 Å². The molecule has 6 nitrogen and oxygen atoms in total. The molecular formula is C53H93NO5. The van der Waals surface area contributed by atoms with Crippen molar-refractivity contribution < 1.29 is 24.5 Å². The van der Waals surface area contributed by atoms with Gasteiger partial charge in [-0.15, -0.1) is 0 Å². The average Bonchev–Trinajstić information content (AvgIpc) is 3.23. The number of unbranched alkanes of at least 4 members (excludes halogenated alkanes) is 22. The third kappa shape index (κ3) is 41.8. The van der Waals surface area contributed by atoms with Gasteiger partial charge in [0.25, 0.3) is 0 Å². The van der Waals surface area contributed by atoms with Crippen molar-refractivity contribution in [2.75, 3.05) is 6.61 Å². The van der Waals surface area contributed by atoms with Crippen LogP contribution in [0.3, 0.4) is 0 Å². The highest BCUT2D eigenvalue weighted by Gasteiger charge is 2.24. The first-order chi connectivity index (χ1) is 29.0. The summed E-state index contributed by atoms with van der Waals surface area (Å²) >= 11 is 0. The molecule has 0 aromatic rings. The van der Waals surface area contributed by atoms with Crippen molar-refractivity contribution in [2.24, 2.45) is 0 Å². The normalized spacial score (nSPS) is 13.9. The Balaban J connectivity index is 4.78. The number of allylic oxidation sites excluding steroid dienone is 12. The van der Waals surface area contributed by atoms with Crippen molar-refractivity contribution in [3.05, 3.63) is 72.9 Å². The predicted octanol–water partition coefficient (Wildman–Crippen LogP) is 14.6. The molecule has 6 heteroatoms. The minimum atomic E-state index is -0.809. The third-order valence-corrected chi connectivity index (χ3v) is 10.9. The van der Waals surface area contributed by atoms with Crippen LogP contribution in [0.5, 0.6) is 0 Å². The molecule has 59 heavy (non-hydrogen) atoms. The van der Waals surface area contributed by atoms with Crippen LogP contribution >= 0.6 is 0 Å². The van der Waals surface area contributed by atoms with Crippen LogP contribution in [0.25, 0.3) is 0 Å². The molecule has 1 amide bonds. The molecule has 0 aromatic carbocycles. The van der Waals surface area contributed by atoms with E-state index in [4.69, 9.17) is 4.74 Å². The van der Waals surface area contributed by atoms with Crippen LogP contribution in [0, 0.1) is 0 Å². The Bertz CT molecular complexity index is 1110. The molecule has 340 valence electrons. The van der Waals surface area contributed by atoms with E-state index in [1.165, 1.54) is 109 Å². The average molecular weight is 824 g/mol. The molecule has 3 atom stereocenters. The summed E-state index contributed by atoms with van der Waals surface area (Å²) < 4.78 is 5.87. The third-order valence-electron chi connectivity index (χ3n) is 10.9. The zero-order valence-electron chi connectivity index (χ0n) is 38.6. The lowest BCUT2D eigenvalue weighted by molar-refractivity contribution is -0.150. The Morgan fingerprint density at radius 3 is 1.49 bits per heavy atom. The summed E-state index contributed by atoms with van der Waals surface area (Å²) in [5.74, 6) is -0.597. The zero-order valence-corrected chi connectivity index (χ0v) is 38.6. The lowest BCUT2D eigenvalue weighted by Gasteiger charge is -2.24. The van der Waals surface area contributed by atoms with E-state index in [0.717, 1.165) is 64.2 Å². The summed E-state index contributed by atoms with van der Waals surface area (Å²) in [6.07, 6.45) is 58.2. The number of hydrogen-bond acceptors (Lipinski definition) is 5. The van der Waals surface area contributed by atoms with Crippen molar-refractivity contribution in [3.8, 4) is 0 Å². The molecule has 0 saturated heterocycles. The highest BCUT2D eigenvalue weighted by Crippen LogP contribution is 2.16. The molecule has 0 aliphatic heterocycles. The van der Waals surface area contributed by atoms with E-state index in [-0.39, 0.29) is 31.3 Å². The number of aliphatic hydroxyl groups excluding tert-OH is 2. The summed E-state index contributed by atoms with van der Waals surface area (Å²) in [6, 6.07) is -0.727. The van der Waals surface area contributed by atoms with Gasteiger partial charge in [-0.3, -0.25) is 9.59 Å². The Hall–Kier alpha value is -2.70. The summed E-state index contributed by atoms with van der Waals surface area (Å²) in [4.78, 5) is 26.0. The molecule has 0 fully saturated rings. The van der Waals surface area contributed by atoms with Gasteiger partial charge in [0.05, 0.1) is 25.2 Å². The van der Waals surface area contributed by atoms with E-state index in [1.807, 2.05) is 24.3 Å². The second kappa shape index (κ2) is 46.4. The summed E-state index contributed by atoms with van der Waals surface area (Å²) in [7, 11) is 0. The predicted molar refractivity (Wildman–Crippen MR) is 255 cm³/mol. The molecule has 3 N–H and O–H groups in total. The molecule has 0 bridgehead atoms. The molecule has 0 heterocycles. The van der Waals surface area contributed by atoms with Crippen LogP contribution in [0.4, 0.5) is 0 Å². The number of esters is 1. The van der Waals surface area contributed by atoms with Crippen molar-refractivity contribution in [2.45, 2.75) is 244 Å². The number of carbonyl (C=O) groups is 2. The first-order valence-corrected chi connectivity index (χ1v) is 24.7. The summed E-state index contributed by atoms with van der Waals surface area (Å²) in [6.45, 7) is 6.39. The maximum Gasteiger partial charge on any atom is 0.306 e. The first-order valence-electron chi connectivity index (χ1n) is 24.7. The Morgan fingerprint density at radius 2 is 0.932 bits per heavy atom. The molecule has 0 rings (SSSR count). The van der Waals surface area contributed by atoms with Crippen molar-refractivity contribution in [3.63, 3.8) is 0 Å². The highest BCUT2D eigenvalue weighted by molar-refractivity contribution is 5.77. The molecule has 3 unspecified atom stereocenters. The van der Waals surface area contributed by atoms with E-state index < -0.39 is 18.2 Å². The van der Waals surface area contributed by atoms with Gasteiger partial charge < -0.3 is 20.3 Å². The van der Waals surface area contributed by atoms with Gasteiger partial charge in [0.15, 0.2) is 0 Å². The maximum absolute atomic E-state index is 13.2. The van der Waals surface area contributed by atoms with Crippen LogP contribution in [0.2, 0.25) is 0 Å². The number of aliphatic hydroxyl groups is 2. The van der Waals surface area contributed by atoms with Gasteiger partial charge >= 0.3 is 5.97 Å². The fourth-order valence-electron chi connectivity index (χ4n) is 7.08. The summed E-state index contributed by atoms with van der Waals surface area (Å²) in [5.41, 5.74) is 0. The minimum Gasteiger partial charge on any atom is -0.462 e. The summed E-state index contributed by atoms with van der Waals surface area (Å²) in [5, 5.41) is 23.7. The smallest absolute Gasteiger partial charge is 0.306 e. The van der Waals surface area contributed by atoms with E-state index in [2.05, 4.69) is 74.7 Å². The molecule has 0 radical (unpaired) electrons. The fourth-order valence-corrected chi connectivity index (χ4v) is 7.08. The van der Waals surface area contributed by atoms with Gasteiger partial charge in [-0.25, -0.2) is 0 Å². The van der Waals surface area contributed by atoms with Crippen LogP contribution in [0.1, 0.15) is 226 Å². The second-order valence-electron chi connectivity index (χ2n) is 16.6. The van der Waals surface area contributed by atoms with Gasteiger partial charge in [0.2, 0.25) is 5.91 Å². The second-order valence-corrected chi connectivity index (χ2v) is 16.6. The van der Waals surface area contributed by atoms with Crippen LogP contribution < -0.4 is 5.32 Å². The largest absolute Gasteiger partial charge is 0.462 e. The van der Waals surface area contributed by atoms with E-state index in [1.54, 1.807) is 0 Å². The monoisotopic (exact) mass is 824 g/mol. The topological polar surface area (TPSA) is 95.9 Å². The minimum absolute atomic E-state index is 0.0266. The Kier molecular flexibility index (Phi) is 44.2. The first kappa shape index (κ1) is 56.3. The fraction of sp³-hybridized carbons (Fsp3) is 0.736. The van der Waals surface area contributed by atoms with E-state index >= 15 is 0 Å². The van der Waals surface area contributed by atoms with Gasteiger partial charge in [0, 0.05) is 6.42 Å². The standard InChI is InChI=1S/C53H93NO5/c1-4-7-10-13-16-19-22-24-25-26-28-30-32-35-38-41-44-49(59-53(58)46-43-40-37-34-31-27-23-20-17-14-11-8-5-2)47-52(57)54-50(48-55)51(56)45-42-39-36-33-29-21-18-15-12-9-6-3/h16,19,22,24-28,30-31,37,40,49-51,55-56H,4-15,17-18,20-21,23,29,32-36,38-39,41-48H2,1-3H3,(H,54,57)/b19-16+,24-22+,26-25+,30-28+,31-27-,40-37+. The quantitative estimate of drug-likeness (QED) is 0.0246. The van der Waals surface area contributed by atoms with Gasteiger partial charge in [-0.05, 0) is 70.6 Å². The SMILES string of the molecule is CCCCC/C=C/C=C/C=C/C=C/CCCCCC(CC(=O)NC(CO)C(O)CCCCCCCCCCCCC)OC(=O)CC/C=C/C/C=C\CCCCCCCC. The van der Waals surface area contributed by atoms with E-state index in [0.29, 0.717) is 19.3 Å². The van der Waals surface area contributed by atoms with E-state index in [9.17, 15) is 19.8 Å². The van der Waals surface area contributed by atoms with Crippen molar-refractivity contribution in [1.29, 1.82) is 0 Å². The number of hydrogen-bond donors (Lipinski definition) is 3. The number of rotatable bonds is 43. The molecule has 0 aliphatic rings. The number of ether oxygens (including phenoxy) is 1. The Morgan fingerprint density at radius 1 is 0.508 bits per heavy atom. The van der Waals surface area contributed by atoms with Gasteiger partial charge in [-0.1, -0.05) is 216 Å². The highest BCUT2D eigenvalue weighted by atomic mass is 16.5. The lowest BCUT2D eigenvalue weighted by atomic mass is 10.0. The van der Waals surface area contributed by atoms with Crippen molar-refractivity contribution in [1.82, 2.24) is 5.32 Å².